The first-order valence-electron chi connectivity index (χ1n) is 7.66. The number of hydrogen-bond donors (Lipinski definition) is 0. The van der Waals surface area contributed by atoms with Crippen LogP contribution in [0.15, 0.2) is 64.2 Å². The van der Waals surface area contributed by atoms with Crippen molar-refractivity contribution >= 4 is 29.3 Å². The highest BCUT2D eigenvalue weighted by atomic mass is 35.5. The molecule has 0 aliphatic heterocycles. The van der Waals surface area contributed by atoms with Crippen LogP contribution in [0.4, 0.5) is 0 Å². The van der Waals surface area contributed by atoms with Crippen LogP contribution in [0, 0.1) is 0 Å². The van der Waals surface area contributed by atoms with Gasteiger partial charge >= 0.3 is 5.97 Å². The highest BCUT2D eigenvalue weighted by molar-refractivity contribution is 8.00. The summed E-state index contributed by atoms with van der Waals surface area (Å²) in [5.74, 6) is 0.552. The third kappa shape index (κ3) is 4.77. The van der Waals surface area contributed by atoms with Gasteiger partial charge in [-0.05, 0) is 41.6 Å². The molecule has 0 amide bonds. The van der Waals surface area contributed by atoms with Gasteiger partial charge in [0.2, 0.25) is 0 Å². The third-order valence-corrected chi connectivity index (χ3v) is 4.68. The Labute approximate surface area is 159 Å². The van der Waals surface area contributed by atoms with Crippen LogP contribution in [0.2, 0.25) is 5.02 Å². The molecule has 2 aromatic carbocycles. The fourth-order valence-electron chi connectivity index (χ4n) is 2.11. The Hall–Kier alpha value is -2.51. The molecule has 1 atom stereocenters. The molecule has 1 aromatic heterocycles. The molecule has 0 spiro atoms. The van der Waals surface area contributed by atoms with Gasteiger partial charge in [-0.1, -0.05) is 41.9 Å². The number of methoxy groups -OCH3 is 1. The van der Waals surface area contributed by atoms with Gasteiger partial charge in [0.25, 0.3) is 11.1 Å². The van der Waals surface area contributed by atoms with Gasteiger partial charge in [0.05, 0.1) is 7.11 Å². The smallest absolute Gasteiger partial charge is 0.323 e. The maximum Gasteiger partial charge on any atom is 0.323 e. The molecule has 0 fully saturated rings. The van der Waals surface area contributed by atoms with Crippen LogP contribution in [0.5, 0.6) is 5.75 Å². The SMILES string of the molecule is COC(=O)C(Sc1nnc(COc2ccc(Cl)cc2)o1)c1ccccc1. The maximum absolute atomic E-state index is 12.1. The van der Waals surface area contributed by atoms with Crippen molar-refractivity contribution < 1.29 is 18.7 Å². The zero-order valence-electron chi connectivity index (χ0n) is 13.8. The van der Waals surface area contributed by atoms with Crippen LogP contribution in [0.1, 0.15) is 16.7 Å². The maximum atomic E-state index is 12.1. The van der Waals surface area contributed by atoms with Crippen LogP contribution < -0.4 is 4.74 Å². The molecule has 134 valence electrons. The standard InChI is InChI=1S/C18H15ClN2O4S/c1-23-17(22)16(12-5-3-2-4-6-12)26-18-21-20-15(25-18)11-24-14-9-7-13(19)8-10-14/h2-10,16H,11H2,1H3. The van der Waals surface area contributed by atoms with E-state index < -0.39 is 11.2 Å². The lowest BCUT2D eigenvalue weighted by atomic mass is 10.1. The average Bonchev–Trinajstić information content (AvgIpc) is 3.13. The van der Waals surface area contributed by atoms with Crippen LogP contribution in [-0.2, 0) is 16.1 Å². The van der Waals surface area contributed by atoms with Crippen molar-refractivity contribution in [2.75, 3.05) is 7.11 Å². The van der Waals surface area contributed by atoms with Gasteiger partial charge in [-0.25, -0.2) is 0 Å². The number of hydrogen-bond acceptors (Lipinski definition) is 7. The third-order valence-electron chi connectivity index (χ3n) is 3.36. The van der Waals surface area contributed by atoms with Crippen molar-refractivity contribution in [3.63, 3.8) is 0 Å². The van der Waals surface area contributed by atoms with Crippen molar-refractivity contribution in [1.29, 1.82) is 0 Å². The number of ether oxygens (including phenoxy) is 2. The zero-order valence-corrected chi connectivity index (χ0v) is 15.4. The number of nitrogens with zero attached hydrogens (tertiary/aromatic N) is 2. The van der Waals surface area contributed by atoms with E-state index in [-0.39, 0.29) is 11.8 Å². The van der Waals surface area contributed by atoms with E-state index in [9.17, 15) is 4.79 Å². The molecule has 0 bridgehead atoms. The number of benzene rings is 2. The van der Waals surface area contributed by atoms with Gasteiger partial charge < -0.3 is 13.9 Å². The normalized spacial score (nSPS) is 11.8. The summed E-state index contributed by atoms with van der Waals surface area (Å²) >= 11 is 6.96. The quantitative estimate of drug-likeness (QED) is 0.439. The van der Waals surface area contributed by atoms with Crippen molar-refractivity contribution in [3.8, 4) is 5.75 Å². The first-order chi connectivity index (χ1) is 12.7. The summed E-state index contributed by atoms with van der Waals surface area (Å²) in [6.45, 7) is 0.115. The average molecular weight is 391 g/mol. The van der Waals surface area contributed by atoms with E-state index >= 15 is 0 Å². The molecule has 0 saturated carbocycles. The second kappa shape index (κ2) is 8.73. The molecule has 0 N–H and O–H groups in total. The molecule has 6 nitrogen and oxygen atoms in total. The minimum absolute atomic E-state index is 0.115. The minimum Gasteiger partial charge on any atom is -0.484 e. The molecule has 0 radical (unpaired) electrons. The predicted octanol–water partition coefficient (Wildman–Crippen LogP) is 4.31. The number of carbonyl (C=O) groups is 1. The highest BCUT2D eigenvalue weighted by Gasteiger charge is 2.25. The molecule has 0 saturated heterocycles. The van der Waals surface area contributed by atoms with Crippen molar-refractivity contribution in [1.82, 2.24) is 10.2 Å². The molecule has 8 heteroatoms. The molecule has 26 heavy (non-hydrogen) atoms. The van der Waals surface area contributed by atoms with E-state index in [0.717, 1.165) is 17.3 Å². The van der Waals surface area contributed by atoms with Crippen LogP contribution in [0.25, 0.3) is 0 Å². The lowest BCUT2D eigenvalue weighted by molar-refractivity contribution is -0.140. The number of aromatic nitrogens is 2. The summed E-state index contributed by atoms with van der Waals surface area (Å²) in [7, 11) is 1.35. The Kier molecular flexibility index (Phi) is 6.14. The summed E-state index contributed by atoms with van der Waals surface area (Å²) in [5, 5.41) is 8.20. The summed E-state index contributed by atoms with van der Waals surface area (Å²) in [5.41, 5.74) is 0.793. The number of rotatable bonds is 7. The fraction of sp³-hybridized carbons (Fsp3) is 0.167. The van der Waals surface area contributed by atoms with E-state index in [1.165, 1.54) is 7.11 Å². The largest absolute Gasteiger partial charge is 0.484 e. The van der Waals surface area contributed by atoms with Crippen molar-refractivity contribution in [2.45, 2.75) is 17.1 Å². The Bertz CT molecular complexity index is 855. The highest BCUT2D eigenvalue weighted by Crippen LogP contribution is 2.35. The molecule has 1 heterocycles. The van der Waals surface area contributed by atoms with Gasteiger partial charge in [0.15, 0.2) is 6.61 Å². The van der Waals surface area contributed by atoms with Crippen LogP contribution in [0.3, 0.4) is 0 Å². The van der Waals surface area contributed by atoms with Crippen molar-refractivity contribution in [2.24, 2.45) is 0 Å². The van der Waals surface area contributed by atoms with Gasteiger partial charge in [-0.2, -0.15) is 0 Å². The van der Waals surface area contributed by atoms with E-state index in [0.29, 0.717) is 16.7 Å². The second-order valence-electron chi connectivity index (χ2n) is 5.14. The molecule has 3 rings (SSSR count). The molecule has 0 aliphatic rings. The first-order valence-corrected chi connectivity index (χ1v) is 8.91. The lowest BCUT2D eigenvalue weighted by Crippen LogP contribution is -2.11. The topological polar surface area (TPSA) is 74.5 Å². The molecule has 0 aliphatic carbocycles. The van der Waals surface area contributed by atoms with E-state index in [4.69, 9.17) is 25.5 Å². The van der Waals surface area contributed by atoms with Gasteiger partial charge in [-0.15, -0.1) is 10.2 Å². The van der Waals surface area contributed by atoms with Gasteiger partial charge in [-0.3, -0.25) is 4.79 Å². The van der Waals surface area contributed by atoms with E-state index in [1.54, 1.807) is 24.3 Å². The summed E-state index contributed by atoms with van der Waals surface area (Å²) in [4.78, 5) is 12.1. The predicted molar refractivity (Wildman–Crippen MR) is 97.1 cm³/mol. The Balaban J connectivity index is 1.66. The summed E-state index contributed by atoms with van der Waals surface area (Å²) < 4.78 is 16.0. The lowest BCUT2D eigenvalue weighted by Gasteiger charge is -2.12. The summed E-state index contributed by atoms with van der Waals surface area (Å²) in [6, 6.07) is 16.2. The fourth-order valence-corrected chi connectivity index (χ4v) is 3.15. The molecular weight excluding hydrogens is 376 g/mol. The van der Waals surface area contributed by atoms with E-state index in [1.807, 2.05) is 30.3 Å². The van der Waals surface area contributed by atoms with Crippen LogP contribution in [-0.4, -0.2) is 23.3 Å². The number of carbonyl (C=O) groups excluding carboxylic acids is 1. The van der Waals surface area contributed by atoms with Crippen LogP contribution >= 0.6 is 23.4 Å². The Morgan fingerprint density at radius 1 is 1.15 bits per heavy atom. The van der Waals surface area contributed by atoms with E-state index in [2.05, 4.69) is 10.2 Å². The van der Waals surface area contributed by atoms with Crippen molar-refractivity contribution in [3.05, 3.63) is 71.1 Å². The number of esters is 1. The second-order valence-corrected chi connectivity index (χ2v) is 6.63. The monoisotopic (exact) mass is 390 g/mol. The Morgan fingerprint density at radius 2 is 1.88 bits per heavy atom. The summed E-state index contributed by atoms with van der Waals surface area (Å²) in [6.07, 6.45) is 0. The van der Waals surface area contributed by atoms with Gasteiger partial charge in [0, 0.05) is 5.02 Å². The molecule has 3 aromatic rings. The first kappa shape index (κ1) is 18.3. The number of thioether (sulfide) groups is 1. The molecular formula is C18H15ClN2O4S. The zero-order chi connectivity index (χ0) is 18.4. The minimum atomic E-state index is -0.591. The Morgan fingerprint density at radius 3 is 2.58 bits per heavy atom. The molecule has 1 unspecified atom stereocenters. The number of halogens is 1. The van der Waals surface area contributed by atoms with Gasteiger partial charge in [0.1, 0.15) is 11.0 Å².